The van der Waals surface area contributed by atoms with Gasteiger partial charge >= 0.3 is 6.61 Å². The van der Waals surface area contributed by atoms with E-state index in [-0.39, 0.29) is 23.3 Å². The third-order valence-corrected chi connectivity index (χ3v) is 4.47. The summed E-state index contributed by atoms with van der Waals surface area (Å²) in [5, 5.41) is 5.47. The van der Waals surface area contributed by atoms with Crippen LogP contribution in [0, 0.1) is 0 Å². The summed E-state index contributed by atoms with van der Waals surface area (Å²) < 4.78 is 30.0. The number of aliphatic imine (C=N–C) groups is 1. The van der Waals surface area contributed by atoms with Gasteiger partial charge in [0.2, 0.25) is 5.96 Å². The van der Waals surface area contributed by atoms with Gasteiger partial charge in [-0.2, -0.15) is 8.78 Å². The number of benzene rings is 2. The van der Waals surface area contributed by atoms with Crippen LogP contribution in [0.4, 0.5) is 14.5 Å². The van der Waals surface area contributed by atoms with Crippen molar-refractivity contribution in [2.45, 2.75) is 6.61 Å². The molecule has 0 unspecified atom stereocenters. The van der Waals surface area contributed by atoms with Gasteiger partial charge < -0.3 is 10.1 Å². The van der Waals surface area contributed by atoms with Crippen molar-refractivity contribution in [2.75, 3.05) is 5.32 Å². The Morgan fingerprint density at radius 2 is 2.11 bits per heavy atom. The smallest absolute Gasteiger partial charge is 0.387 e. The number of carbonyl (C=O) groups excluding carboxylic acids is 1. The fourth-order valence-corrected chi connectivity index (χ4v) is 3.26. The van der Waals surface area contributed by atoms with E-state index < -0.39 is 6.61 Å². The highest BCUT2D eigenvalue weighted by Crippen LogP contribution is 2.22. The topological polar surface area (TPSA) is 75.6 Å². The maximum atomic E-state index is 12.3. The van der Waals surface area contributed by atoms with E-state index in [9.17, 15) is 13.6 Å². The van der Waals surface area contributed by atoms with Crippen molar-refractivity contribution in [3.8, 4) is 5.75 Å². The number of nitrogens with zero attached hydrogens (tertiary/aromatic N) is 2. The van der Waals surface area contributed by atoms with Crippen LogP contribution in [0.5, 0.6) is 5.75 Å². The van der Waals surface area contributed by atoms with E-state index in [1.807, 2.05) is 18.2 Å². The molecule has 4 rings (SSSR count). The van der Waals surface area contributed by atoms with E-state index in [1.165, 1.54) is 23.5 Å². The minimum Gasteiger partial charge on any atom is -0.435 e. The Balaban J connectivity index is 1.54. The molecule has 9 heteroatoms. The third kappa shape index (κ3) is 3.93. The number of ether oxygens (including phenoxy) is 1. The van der Waals surface area contributed by atoms with Gasteiger partial charge in [-0.1, -0.05) is 12.1 Å². The maximum absolute atomic E-state index is 12.3. The lowest BCUT2D eigenvalue weighted by atomic mass is 10.2. The summed E-state index contributed by atoms with van der Waals surface area (Å²) in [7, 11) is 0. The predicted octanol–water partition coefficient (Wildman–Crippen LogP) is 3.84. The van der Waals surface area contributed by atoms with Gasteiger partial charge in [0.05, 0.1) is 15.7 Å². The minimum atomic E-state index is -2.91. The second-order valence-corrected chi connectivity index (χ2v) is 6.44. The van der Waals surface area contributed by atoms with Gasteiger partial charge in [0, 0.05) is 11.8 Å². The first-order valence-corrected chi connectivity index (χ1v) is 8.72. The molecule has 0 saturated carbocycles. The van der Waals surface area contributed by atoms with Crippen molar-refractivity contribution >= 4 is 45.2 Å². The molecule has 1 aromatic heterocycles. The normalized spacial score (nSPS) is 15.3. The molecule has 0 fully saturated rings. The first-order valence-electron chi connectivity index (χ1n) is 7.84. The maximum Gasteiger partial charge on any atom is 0.387 e. The molecular weight excluding hydrogens is 374 g/mol. The van der Waals surface area contributed by atoms with Crippen LogP contribution in [0.1, 0.15) is 5.56 Å². The van der Waals surface area contributed by atoms with Crippen LogP contribution in [-0.2, 0) is 4.79 Å². The molecular formula is C18H12F2N4O2S. The van der Waals surface area contributed by atoms with E-state index in [4.69, 9.17) is 0 Å². The minimum absolute atomic E-state index is 0.00792. The van der Waals surface area contributed by atoms with Gasteiger partial charge in [-0.05, 0) is 35.9 Å². The number of halogens is 2. The summed E-state index contributed by atoms with van der Waals surface area (Å²) in [6, 6.07) is 11.7. The summed E-state index contributed by atoms with van der Waals surface area (Å²) in [5.74, 6) is -0.144. The molecule has 3 aromatic rings. The molecule has 1 amide bonds. The number of hydrogen-bond acceptors (Lipinski definition) is 6. The standard InChI is InChI=1S/C18H12F2N4O2S/c19-17(20)26-12-3-1-2-11(8-12)22-18-23-14(16(25)24-18)6-10-4-5-13-15(7-10)27-9-21-13/h1-9,17H,(H2,22,23,24,25)/b14-6-. The van der Waals surface area contributed by atoms with E-state index in [0.717, 1.165) is 15.8 Å². The number of aromatic nitrogens is 1. The molecule has 136 valence electrons. The zero-order chi connectivity index (χ0) is 18.8. The van der Waals surface area contributed by atoms with Crippen molar-refractivity contribution in [3.05, 3.63) is 59.2 Å². The second kappa shape index (κ2) is 7.12. The summed E-state index contributed by atoms with van der Waals surface area (Å²) >= 11 is 1.51. The Bertz CT molecular complexity index is 1080. The molecule has 2 heterocycles. The predicted molar refractivity (Wildman–Crippen MR) is 99.9 cm³/mol. The van der Waals surface area contributed by atoms with Gasteiger partial charge in [0.1, 0.15) is 11.4 Å². The number of rotatable bonds is 4. The fourth-order valence-electron chi connectivity index (χ4n) is 2.53. The largest absolute Gasteiger partial charge is 0.435 e. The van der Waals surface area contributed by atoms with Gasteiger partial charge in [0.25, 0.3) is 5.91 Å². The molecule has 27 heavy (non-hydrogen) atoms. The average molecular weight is 386 g/mol. The molecule has 0 saturated heterocycles. The number of alkyl halides is 2. The highest BCUT2D eigenvalue weighted by Gasteiger charge is 2.20. The summed E-state index contributed by atoms with van der Waals surface area (Å²) in [6.45, 7) is -2.91. The number of amides is 1. The Morgan fingerprint density at radius 3 is 2.96 bits per heavy atom. The van der Waals surface area contributed by atoms with E-state index in [2.05, 4.69) is 25.3 Å². The number of nitrogens with one attached hydrogen (secondary N) is 2. The number of fused-ring (bicyclic) bond motifs is 1. The van der Waals surface area contributed by atoms with Gasteiger partial charge in [-0.15, -0.1) is 11.3 Å². The number of guanidine groups is 1. The Morgan fingerprint density at radius 1 is 1.22 bits per heavy atom. The first kappa shape index (κ1) is 17.1. The molecule has 0 aliphatic carbocycles. The van der Waals surface area contributed by atoms with Crippen LogP contribution in [0.25, 0.3) is 16.3 Å². The Labute approximate surface area is 156 Å². The van der Waals surface area contributed by atoms with Crippen LogP contribution in [0.15, 0.2) is 58.7 Å². The quantitative estimate of drug-likeness (QED) is 0.668. The molecule has 0 atom stereocenters. The lowest BCUT2D eigenvalue weighted by molar-refractivity contribution is -0.115. The van der Waals surface area contributed by atoms with E-state index in [1.54, 1.807) is 23.7 Å². The fraction of sp³-hybridized carbons (Fsp3) is 0.0556. The van der Waals surface area contributed by atoms with Crippen molar-refractivity contribution in [1.29, 1.82) is 0 Å². The summed E-state index contributed by atoms with van der Waals surface area (Å²) in [4.78, 5) is 20.6. The number of hydrogen-bond donors (Lipinski definition) is 2. The van der Waals surface area contributed by atoms with Gasteiger partial charge in [-0.3, -0.25) is 10.1 Å². The van der Waals surface area contributed by atoms with Crippen molar-refractivity contribution in [2.24, 2.45) is 4.99 Å². The van der Waals surface area contributed by atoms with Crippen molar-refractivity contribution in [1.82, 2.24) is 10.3 Å². The molecule has 6 nitrogen and oxygen atoms in total. The van der Waals surface area contributed by atoms with Crippen molar-refractivity contribution < 1.29 is 18.3 Å². The number of thiazole rings is 1. The van der Waals surface area contributed by atoms with Crippen LogP contribution in [-0.4, -0.2) is 23.5 Å². The molecule has 2 aromatic carbocycles. The molecule has 0 radical (unpaired) electrons. The van der Waals surface area contributed by atoms with Crippen LogP contribution in [0.3, 0.4) is 0 Å². The lowest BCUT2D eigenvalue weighted by Crippen LogP contribution is -2.29. The molecule has 1 aliphatic heterocycles. The monoisotopic (exact) mass is 386 g/mol. The van der Waals surface area contributed by atoms with Gasteiger partial charge in [0.15, 0.2) is 0 Å². The molecule has 0 bridgehead atoms. The highest BCUT2D eigenvalue weighted by molar-refractivity contribution is 7.16. The highest BCUT2D eigenvalue weighted by atomic mass is 32.1. The van der Waals surface area contributed by atoms with Gasteiger partial charge in [-0.25, -0.2) is 9.98 Å². The number of anilines is 1. The number of carbonyl (C=O) groups is 1. The summed E-state index contributed by atoms with van der Waals surface area (Å²) in [5.41, 5.74) is 4.18. The third-order valence-electron chi connectivity index (χ3n) is 3.68. The van der Waals surface area contributed by atoms with Crippen LogP contribution < -0.4 is 15.4 Å². The Kier molecular flexibility index (Phi) is 4.51. The average Bonchev–Trinajstić information content (AvgIpc) is 3.21. The molecule has 0 spiro atoms. The zero-order valence-corrected chi connectivity index (χ0v) is 14.5. The SMILES string of the molecule is O=C1NC(Nc2cccc(OC(F)F)c2)=N/C1=C\c1ccc2ncsc2c1. The lowest BCUT2D eigenvalue weighted by Gasteiger charge is -2.08. The van der Waals surface area contributed by atoms with Crippen LogP contribution >= 0.6 is 11.3 Å². The second-order valence-electron chi connectivity index (χ2n) is 5.55. The first-order chi connectivity index (χ1) is 13.1. The van der Waals surface area contributed by atoms with E-state index >= 15 is 0 Å². The van der Waals surface area contributed by atoms with Crippen molar-refractivity contribution in [3.63, 3.8) is 0 Å². The Hall–Kier alpha value is -3.33. The zero-order valence-electron chi connectivity index (χ0n) is 13.6. The molecule has 2 N–H and O–H groups in total. The van der Waals surface area contributed by atoms with Crippen LogP contribution in [0.2, 0.25) is 0 Å². The molecule has 1 aliphatic rings. The summed E-state index contributed by atoms with van der Waals surface area (Å²) in [6.07, 6.45) is 1.67. The van der Waals surface area contributed by atoms with E-state index in [0.29, 0.717) is 5.69 Å².